The third kappa shape index (κ3) is 4.39. The zero-order valence-corrected chi connectivity index (χ0v) is 13.5. The number of rotatable bonds is 7. The Hall–Kier alpha value is -1.26. The molecule has 0 bridgehead atoms. The van der Waals surface area contributed by atoms with Crippen molar-refractivity contribution in [1.82, 2.24) is 5.32 Å². The van der Waals surface area contributed by atoms with Gasteiger partial charge in [-0.15, -0.1) is 0 Å². The Bertz CT molecular complexity index is 551. The van der Waals surface area contributed by atoms with Gasteiger partial charge in [0.1, 0.15) is 23.9 Å². The smallest absolute Gasteiger partial charge is 0.146 e. The first-order valence-corrected chi connectivity index (χ1v) is 7.65. The SMILES string of the molecule is CCCNCc1oc(COc2cccc(Br)c2)cc1C. The third-order valence-corrected chi connectivity index (χ3v) is 3.45. The molecule has 0 atom stereocenters. The van der Waals surface area contributed by atoms with Gasteiger partial charge in [-0.25, -0.2) is 0 Å². The van der Waals surface area contributed by atoms with Crippen LogP contribution in [0.5, 0.6) is 5.75 Å². The third-order valence-electron chi connectivity index (χ3n) is 2.96. The predicted octanol–water partition coefficient (Wildman–Crippen LogP) is 4.43. The molecule has 1 heterocycles. The Morgan fingerprint density at radius 2 is 2.15 bits per heavy atom. The molecule has 0 aliphatic heterocycles. The van der Waals surface area contributed by atoms with Crippen molar-refractivity contribution in [2.75, 3.05) is 6.54 Å². The van der Waals surface area contributed by atoms with Crippen LogP contribution in [0, 0.1) is 6.92 Å². The maximum absolute atomic E-state index is 5.81. The highest BCUT2D eigenvalue weighted by molar-refractivity contribution is 9.10. The molecular formula is C16H20BrNO2. The Morgan fingerprint density at radius 3 is 2.90 bits per heavy atom. The van der Waals surface area contributed by atoms with E-state index >= 15 is 0 Å². The van der Waals surface area contributed by atoms with Gasteiger partial charge in [-0.3, -0.25) is 0 Å². The number of halogens is 1. The Morgan fingerprint density at radius 1 is 1.30 bits per heavy atom. The van der Waals surface area contributed by atoms with Crippen molar-refractivity contribution in [2.45, 2.75) is 33.4 Å². The summed E-state index contributed by atoms with van der Waals surface area (Å²) in [7, 11) is 0. The molecule has 0 amide bonds. The van der Waals surface area contributed by atoms with E-state index in [0.29, 0.717) is 6.61 Å². The van der Waals surface area contributed by atoms with Gasteiger partial charge < -0.3 is 14.5 Å². The summed E-state index contributed by atoms with van der Waals surface area (Å²) >= 11 is 3.43. The van der Waals surface area contributed by atoms with E-state index in [4.69, 9.17) is 9.15 Å². The first-order valence-electron chi connectivity index (χ1n) is 6.86. The lowest BCUT2D eigenvalue weighted by molar-refractivity contribution is 0.265. The molecule has 0 unspecified atom stereocenters. The van der Waals surface area contributed by atoms with Gasteiger partial charge >= 0.3 is 0 Å². The summed E-state index contributed by atoms with van der Waals surface area (Å²) in [5.74, 6) is 2.68. The molecule has 108 valence electrons. The average molecular weight is 338 g/mol. The monoisotopic (exact) mass is 337 g/mol. The lowest BCUT2D eigenvalue weighted by Gasteiger charge is -2.04. The minimum absolute atomic E-state index is 0.449. The molecule has 1 aromatic heterocycles. The Kier molecular flexibility index (Phi) is 5.68. The number of hydrogen-bond donors (Lipinski definition) is 1. The predicted molar refractivity (Wildman–Crippen MR) is 83.9 cm³/mol. The normalized spacial score (nSPS) is 10.8. The Balaban J connectivity index is 1.91. The molecule has 3 nitrogen and oxygen atoms in total. The van der Waals surface area contributed by atoms with E-state index in [1.165, 1.54) is 5.56 Å². The summed E-state index contributed by atoms with van der Waals surface area (Å²) in [5.41, 5.74) is 1.17. The molecule has 0 aliphatic carbocycles. The zero-order valence-electron chi connectivity index (χ0n) is 11.9. The quantitative estimate of drug-likeness (QED) is 0.759. The van der Waals surface area contributed by atoms with E-state index in [0.717, 1.165) is 41.3 Å². The summed E-state index contributed by atoms with van der Waals surface area (Å²) in [6, 6.07) is 9.85. The zero-order chi connectivity index (χ0) is 14.4. The second kappa shape index (κ2) is 7.50. The van der Waals surface area contributed by atoms with Crippen LogP contribution in [0.1, 0.15) is 30.4 Å². The molecule has 1 N–H and O–H groups in total. The second-order valence-electron chi connectivity index (χ2n) is 4.74. The van der Waals surface area contributed by atoms with Crippen molar-refractivity contribution in [3.05, 3.63) is 51.9 Å². The van der Waals surface area contributed by atoms with E-state index in [1.807, 2.05) is 30.3 Å². The topological polar surface area (TPSA) is 34.4 Å². The first kappa shape index (κ1) is 15.1. The van der Waals surface area contributed by atoms with Crippen LogP contribution in [0.25, 0.3) is 0 Å². The van der Waals surface area contributed by atoms with E-state index < -0.39 is 0 Å². The van der Waals surface area contributed by atoms with Crippen molar-refractivity contribution in [3.63, 3.8) is 0 Å². The minimum atomic E-state index is 0.449. The van der Waals surface area contributed by atoms with Crippen molar-refractivity contribution >= 4 is 15.9 Å². The van der Waals surface area contributed by atoms with Crippen molar-refractivity contribution in [1.29, 1.82) is 0 Å². The van der Waals surface area contributed by atoms with Gasteiger partial charge in [-0.2, -0.15) is 0 Å². The fourth-order valence-electron chi connectivity index (χ4n) is 1.93. The summed E-state index contributed by atoms with van der Waals surface area (Å²) in [5, 5.41) is 3.35. The summed E-state index contributed by atoms with van der Waals surface area (Å²) in [6.07, 6.45) is 1.12. The number of aryl methyl sites for hydroxylation is 1. The van der Waals surface area contributed by atoms with Gasteiger partial charge in [0, 0.05) is 4.47 Å². The van der Waals surface area contributed by atoms with Gasteiger partial charge in [0.15, 0.2) is 0 Å². The van der Waals surface area contributed by atoms with Crippen LogP contribution < -0.4 is 10.1 Å². The highest BCUT2D eigenvalue weighted by Gasteiger charge is 2.08. The number of nitrogens with one attached hydrogen (secondary N) is 1. The molecule has 4 heteroatoms. The summed E-state index contributed by atoms with van der Waals surface area (Å²) in [4.78, 5) is 0. The van der Waals surface area contributed by atoms with Crippen molar-refractivity contribution < 1.29 is 9.15 Å². The average Bonchev–Trinajstić information content (AvgIpc) is 2.78. The molecule has 0 radical (unpaired) electrons. The van der Waals surface area contributed by atoms with Crippen LogP contribution in [0.15, 0.2) is 39.2 Å². The van der Waals surface area contributed by atoms with Gasteiger partial charge in [-0.1, -0.05) is 28.9 Å². The molecule has 20 heavy (non-hydrogen) atoms. The summed E-state index contributed by atoms with van der Waals surface area (Å²) in [6.45, 7) is 6.44. The standard InChI is InChI=1S/C16H20BrNO2/c1-3-7-18-10-16-12(2)8-15(20-16)11-19-14-6-4-5-13(17)9-14/h4-6,8-9,18H,3,7,10-11H2,1-2H3. The number of benzene rings is 1. The van der Waals surface area contributed by atoms with Crippen LogP contribution in [-0.4, -0.2) is 6.54 Å². The molecule has 0 saturated heterocycles. The van der Waals surface area contributed by atoms with Crippen LogP contribution in [0.3, 0.4) is 0 Å². The fraction of sp³-hybridized carbons (Fsp3) is 0.375. The molecule has 2 rings (SSSR count). The summed E-state index contributed by atoms with van der Waals surface area (Å²) < 4.78 is 12.5. The van der Waals surface area contributed by atoms with Crippen molar-refractivity contribution in [2.24, 2.45) is 0 Å². The lowest BCUT2D eigenvalue weighted by Crippen LogP contribution is -2.13. The van der Waals surface area contributed by atoms with Gasteiger partial charge in [0.25, 0.3) is 0 Å². The molecular weight excluding hydrogens is 318 g/mol. The highest BCUT2D eigenvalue weighted by Crippen LogP contribution is 2.20. The lowest BCUT2D eigenvalue weighted by atomic mass is 10.2. The van der Waals surface area contributed by atoms with E-state index in [2.05, 4.69) is 35.1 Å². The van der Waals surface area contributed by atoms with Crippen LogP contribution >= 0.6 is 15.9 Å². The van der Waals surface area contributed by atoms with Crippen LogP contribution in [0.2, 0.25) is 0 Å². The minimum Gasteiger partial charge on any atom is -0.486 e. The number of ether oxygens (including phenoxy) is 1. The number of hydrogen-bond acceptors (Lipinski definition) is 3. The highest BCUT2D eigenvalue weighted by atomic mass is 79.9. The molecule has 0 aliphatic rings. The van der Waals surface area contributed by atoms with Crippen LogP contribution in [0.4, 0.5) is 0 Å². The van der Waals surface area contributed by atoms with E-state index in [-0.39, 0.29) is 0 Å². The largest absolute Gasteiger partial charge is 0.486 e. The molecule has 0 fully saturated rings. The molecule has 1 aromatic carbocycles. The van der Waals surface area contributed by atoms with E-state index in [9.17, 15) is 0 Å². The molecule has 2 aromatic rings. The number of furan rings is 1. The van der Waals surface area contributed by atoms with Gasteiger partial charge in [-0.05, 0) is 49.7 Å². The van der Waals surface area contributed by atoms with Crippen LogP contribution in [-0.2, 0) is 13.2 Å². The maximum Gasteiger partial charge on any atom is 0.146 e. The Labute approximate surface area is 128 Å². The molecule has 0 spiro atoms. The van der Waals surface area contributed by atoms with Gasteiger partial charge in [0.2, 0.25) is 0 Å². The first-order chi connectivity index (χ1) is 9.69. The molecule has 0 saturated carbocycles. The van der Waals surface area contributed by atoms with Crippen molar-refractivity contribution in [3.8, 4) is 5.75 Å². The van der Waals surface area contributed by atoms with E-state index in [1.54, 1.807) is 0 Å². The van der Waals surface area contributed by atoms with Gasteiger partial charge in [0.05, 0.1) is 6.54 Å². The second-order valence-corrected chi connectivity index (χ2v) is 5.66. The maximum atomic E-state index is 5.81. The fourth-order valence-corrected chi connectivity index (χ4v) is 2.30.